The average molecular weight is 301 g/mol. The summed E-state index contributed by atoms with van der Waals surface area (Å²) in [5, 5.41) is 3.06. The molecular formula is C15H12FN3OS. The van der Waals surface area contributed by atoms with Gasteiger partial charge < -0.3 is 11.1 Å². The van der Waals surface area contributed by atoms with E-state index in [-0.39, 0.29) is 11.6 Å². The average Bonchev–Trinajstić information content (AvgIpc) is 2.80. The summed E-state index contributed by atoms with van der Waals surface area (Å²) in [7, 11) is 0. The largest absolute Gasteiger partial charge is 0.397 e. The molecule has 0 aliphatic heterocycles. The minimum Gasteiger partial charge on any atom is -0.397 e. The van der Waals surface area contributed by atoms with Gasteiger partial charge in [-0.3, -0.25) is 9.78 Å². The quantitative estimate of drug-likeness (QED) is 0.760. The van der Waals surface area contributed by atoms with Gasteiger partial charge in [0.1, 0.15) is 10.7 Å². The molecule has 0 radical (unpaired) electrons. The maximum absolute atomic E-state index is 13.8. The highest BCUT2D eigenvalue weighted by molar-refractivity contribution is 7.21. The van der Waals surface area contributed by atoms with E-state index in [1.165, 1.54) is 17.4 Å². The number of nitrogens with zero attached hydrogens (tertiary/aromatic N) is 1. The third-order valence-electron chi connectivity index (χ3n) is 3.19. The predicted octanol–water partition coefficient (Wildman–Crippen LogP) is 3.58. The van der Waals surface area contributed by atoms with Crippen molar-refractivity contribution in [2.24, 2.45) is 0 Å². The molecule has 0 unspecified atom stereocenters. The third-order valence-corrected chi connectivity index (χ3v) is 4.36. The maximum atomic E-state index is 13.8. The van der Waals surface area contributed by atoms with Crippen molar-refractivity contribution in [1.29, 1.82) is 0 Å². The summed E-state index contributed by atoms with van der Waals surface area (Å²) in [6, 6.07) is 6.47. The molecule has 4 nitrogen and oxygen atoms in total. The van der Waals surface area contributed by atoms with Gasteiger partial charge in [-0.05, 0) is 30.7 Å². The van der Waals surface area contributed by atoms with Crippen LogP contribution in [-0.4, -0.2) is 10.9 Å². The van der Waals surface area contributed by atoms with E-state index in [1.54, 1.807) is 30.6 Å². The molecule has 0 atom stereocenters. The zero-order valence-electron chi connectivity index (χ0n) is 11.2. The highest BCUT2D eigenvalue weighted by Gasteiger charge is 2.19. The summed E-state index contributed by atoms with van der Waals surface area (Å²) in [6.07, 6.45) is 3.21. The zero-order chi connectivity index (χ0) is 15.0. The number of rotatable bonds is 2. The van der Waals surface area contributed by atoms with E-state index in [0.717, 1.165) is 5.56 Å². The monoisotopic (exact) mass is 301 g/mol. The van der Waals surface area contributed by atoms with Crippen LogP contribution in [0, 0.1) is 12.7 Å². The molecule has 0 saturated heterocycles. The fourth-order valence-electron chi connectivity index (χ4n) is 2.07. The van der Waals surface area contributed by atoms with Crippen LogP contribution in [0.25, 0.3) is 10.1 Å². The van der Waals surface area contributed by atoms with E-state index in [0.29, 0.717) is 20.7 Å². The number of halogens is 1. The van der Waals surface area contributed by atoms with Gasteiger partial charge in [0, 0.05) is 10.9 Å². The maximum Gasteiger partial charge on any atom is 0.267 e. The summed E-state index contributed by atoms with van der Waals surface area (Å²) >= 11 is 1.17. The Bertz CT molecular complexity index is 844. The van der Waals surface area contributed by atoms with E-state index in [9.17, 15) is 9.18 Å². The predicted molar refractivity (Wildman–Crippen MR) is 83.1 cm³/mol. The number of benzene rings is 1. The van der Waals surface area contributed by atoms with Crippen LogP contribution in [-0.2, 0) is 0 Å². The summed E-state index contributed by atoms with van der Waals surface area (Å²) in [4.78, 5) is 16.6. The standard InChI is InChI=1S/C15H12FN3OS/c1-8-5-6-18-7-10(8)19-15(20)14-13(17)12-9(16)3-2-4-11(12)21-14/h2-7H,17H2,1H3,(H,19,20). The van der Waals surface area contributed by atoms with Gasteiger partial charge >= 0.3 is 0 Å². The minimum atomic E-state index is -0.419. The Morgan fingerprint density at radius 3 is 2.90 bits per heavy atom. The summed E-state index contributed by atoms with van der Waals surface area (Å²) in [6.45, 7) is 1.87. The van der Waals surface area contributed by atoms with Crippen molar-refractivity contribution >= 4 is 38.7 Å². The molecule has 2 heterocycles. The lowest BCUT2D eigenvalue weighted by Crippen LogP contribution is -2.13. The highest BCUT2D eigenvalue weighted by atomic mass is 32.1. The van der Waals surface area contributed by atoms with Gasteiger partial charge in [-0.1, -0.05) is 6.07 Å². The van der Waals surface area contributed by atoms with Crippen LogP contribution in [0.5, 0.6) is 0 Å². The fourth-order valence-corrected chi connectivity index (χ4v) is 3.10. The molecule has 21 heavy (non-hydrogen) atoms. The first-order valence-corrected chi connectivity index (χ1v) is 7.08. The second-order valence-corrected chi connectivity index (χ2v) is 5.65. The van der Waals surface area contributed by atoms with E-state index in [2.05, 4.69) is 10.3 Å². The van der Waals surface area contributed by atoms with E-state index < -0.39 is 5.82 Å². The number of thiophene rings is 1. The lowest BCUT2D eigenvalue weighted by atomic mass is 10.2. The van der Waals surface area contributed by atoms with Crippen molar-refractivity contribution in [3.8, 4) is 0 Å². The van der Waals surface area contributed by atoms with Crippen LogP contribution in [0.4, 0.5) is 15.8 Å². The van der Waals surface area contributed by atoms with Gasteiger partial charge in [-0.25, -0.2) is 4.39 Å². The van der Waals surface area contributed by atoms with Crippen molar-refractivity contribution in [2.45, 2.75) is 6.92 Å². The van der Waals surface area contributed by atoms with Crippen LogP contribution in [0.3, 0.4) is 0 Å². The van der Waals surface area contributed by atoms with Gasteiger partial charge in [0.15, 0.2) is 0 Å². The minimum absolute atomic E-state index is 0.173. The lowest BCUT2D eigenvalue weighted by molar-refractivity contribution is 0.103. The number of amides is 1. The van der Waals surface area contributed by atoms with Crippen LogP contribution >= 0.6 is 11.3 Å². The molecule has 1 amide bonds. The number of pyridine rings is 1. The number of hydrogen-bond acceptors (Lipinski definition) is 4. The zero-order valence-corrected chi connectivity index (χ0v) is 12.0. The number of aryl methyl sites for hydroxylation is 1. The molecule has 0 fully saturated rings. The molecule has 0 aliphatic carbocycles. The molecule has 0 spiro atoms. The van der Waals surface area contributed by atoms with E-state index in [1.807, 2.05) is 6.92 Å². The summed E-state index contributed by atoms with van der Waals surface area (Å²) in [5.41, 5.74) is 7.60. The number of nitrogens with two attached hydrogens (primary N) is 1. The molecular weight excluding hydrogens is 289 g/mol. The van der Waals surface area contributed by atoms with Crippen molar-refractivity contribution in [3.63, 3.8) is 0 Å². The van der Waals surface area contributed by atoms with Crippen molar-refractivity contribution in [1.82, 2.24) is 4.98 Å². The first-order valence-electron chi connectivity index (χ1n) is 6.26. The number of nitrogen functional groups attached to an aromatic ring is 1. The molecule has 3 N–H and O–H groups in total. The van der Waals surface area contributed by atoms with E-state index in [4.69, 9.17) is 5.73 Å². The normalized spacial score (nSPS) is 10.8. The second kappa shape index (κ2) is 5.14. The van der Waals surface area contributed by atoms with Crippen LogP contribution in [0.1, 0.15) is 15.2 Å². The molecule has 0 bridgehead atoms. The molecule has 0 saturated carbocycles. The van der Waals surface area contributed by atoms with Crippen molar-refractivity contribution in [3.05, 3.63) is 52.9 Å². The number of anilines is 2. The first kappa shape index (κ1) is 13.5. The van der Waals surface area contributed by atoms with Gasteiger partial charge in [0.25, 0.3) is 5.91 Å². The van der Waals surface area contributed by atoms with Crippen LogP contribution < -0.4 is 11.1 Å². The molecule has 1 aromatic carbocycles. The SMILES string of the molecule is Cc1ccncc1NC(=O)c1sc2cccc(F)c2c1N. The van der Waals surface area contributed by atoms with Gasteiger partial charge in [0.05, 0.1) is 23.0 Å². The Labute approximate surface area is 124 Å². The van der Waals surface area contributed by atoms with Gasteiger partial charge in [0.2, 0.25) is 0 Å². The molecule has 2 aromatic heterocycles. The molecule has 3 aromatic rings. The van der Waals surface area contributed by atoms with Gasteiger partial charge in [-0.2, -0.15) is 0 Å². The summed E-state index contributed by atoms with van der Waals surface area (Å²) in [5.74, 6) is -0.776. The number of nitrogens with one attached hydrogen (secondary N) is 1. The lowest BCUT2D eigenvalue weighted by Gasteiger charge is -2.06. The number of fused-ring (bicyclic) bond motifs is 1. The molecule has 0 aliphatic rings. The third kappa shape index (κ3) is 2.34. The number of aromatic nitrogens is 1. The number of hydrogen-bond donors (Lipinski definition) is 2. The number of carbonyl (C=O) groups is 1. The van der Waals surface area contributed by atoms with Crippen molar-refractivity contribution in [2.75, 3.05) is 11.1 Å². The van der Waals surface area contributed by atoms with Gasteiger partial charge in [-0.15, -0.1) is 11.3 Å². The molecule has 6 heteroatoms. The molecule has 3 rings (SSSR count). The summed E-state index contributed by atoms with van der Waals surface area (Å²) < 4.78 is 14.5. The van der Waals surface area contributed by atoms with Crippen molar-refractivity contribution < 1.29 is 9.18 Å². The number of carbonyl (C=O) groups excluding carboxylic acids is 1. The Balaban J connectivity index is 2.01. The Kier molecular flexibility index (Phi) is 3.31. The topological polar surface area (TPSA) is 68.0 Å². The Hall–Kier alpha value is -2.47. The highest BCUT2D eigenvalue weighted by Crippen LogP contribution is 2.35. The fraction of sp³-hybridized carbons (Fsp3) is 0.0667. The molecule has 106 valence electrons. The van der Waals surface area contributed by atoms with E-state index >= 15 is 0 Å². The Morgan fingerprint density at radius 1 is 1.38 bits per heavy atom. The van der Waals surface area contributed by atoms with Crippen LogP contribution in [0.2, 0.25) is 0 Å². The second-order valence-electron chi connectivity index (χ2n) is 4.60. The smallest absolute Gasteiger partial charge is 0.267 e. The van der Waals surface area contributed by atoms with Crippen LogP contribution in [0.15, 0.2) is 36.7 Å². The first-order chi connectivity index (χ1) is 10.1. The Morgan fingerprint density at radius 2 is 2.19 bits per heavy atom.